The van der Waals surface area contributed by atoms with Crippen molar-refractivity contribution in [2.75, 3.05) is 0 Å². The molecule has 0 bridgehead atoms. The Kier molecular flexibility index (Phi) is 2.79. The standard InChI is InChI=1S/C15H9N3S2/c1-2-14(19-6-1)13-9-17-11-4-3-10(8-12(11)18-13)15-16-5-7-20-15/h1-9H. The number of aromatic nitrogens is 3. The Morgan fingerprint density at radius 2 is 1.90 bits per heavy atom. The van der Waals surface area contributed by atoms with Crippen LogP contribution in [0.1, 0.15) is 0 Å². The lowest BCUT2D eigenvalue weighted by atomic mass is 10.2. The minimum atomic E-state index is 0.906. The van der Waals surface area contributed by atoms with Crippen LogP contribution in [0.25, 0.3) is 32.2 Å². The molecular formula is C15H9N3S2. The molecule has 20 heavy (non-hydrogen) atoms. The number of hydrogen-bond acceptors (Lipinski definition) is 5. The average molecular weight is 295 g/mol. The van der Waals surface area contributed by atoms with E-state index >= 15 is 0 Å². The molecule has 4 rings (SSSR count). The van der Waals surface area contributed by atoms with Gasteiger partial charge in [0.2, 0.25) is 0 Å². The Bertz CT molecular complexity index is 783. The monoisotopic (exact) mass is 295 g/mol. The zero-order valence-corrected chi connectivity index (χ0v) is 12.0. The van der Waals surface area contributed by atoms with Crippen LogP contribution in [0.5, 0.6) is 0 Å². The molecule has 0 saturated carbocycles. The summed E-state index contributed by atoms with van der Waals surface area (Å²) in [5, 5.41) is 5.04. The van der Waals surface area contributed by atoms with Crippen molar-refractivity contribution >= 4 is 33.7 Å². The summed E-state index contributed by atoms with van der Waals surface area (Å²) in [5.74, 6) is 0. The Morgan fingerprint density at radius 1 is 0.900 bits per heavy atom. The fraction of sp³-hybridized carbons (Fsp3) is 0. The molecule has 96 valence electrons. The zero-order chi connectivity index (χ0) is 13.4. The molecule has 0 aliphatic rings. The predicted molar refractivity (Wildman–Crippen MR) is 84.0 cm³/mol. The third-order valence-electron chi connectivity index (χ3n) is 3.00. The molecule has 0 N–H and O–H groups in total. The van der Waals surface area contributed by atoms with Crippen molar-refractivity contribution in [1.29, 1.82) is 0 Å². The molecular weight excluding hydrogens is 286 g/mol. The Hall–Kier alpha value is -2.11. The van der Waals surface area contributed by atoms with E-state index in [1.165, 1.54) is 0 Å². The molecule has 0 atom stereocenters. The van der Waals surface area contributed by atoms with Gasteiger partial charge in [0, 0.05) is 17.1 Å². The Labute approximate surface area is 123 Å². The van der Waals surface area contributed by atoms with Crippen molar-refractivity contribution in [3.8, 4) is 21.1 Å². The number of rotatable bonds is 2. The molecule has 0 amide bonds. The van der Waals surface area contributed by atoms with E-state index in [1.54, 1.807) is 22.7 Å². The molecule has 0 fully saturated rings. The summed E-state index contributed by atoms with van der Waals surface area (Å²) in [5.41, 5.74) is 3.82. The van der Waals surface area contributed by atoms with Gasteiger partial charge in [-0.15, -0.1) is 22.7 Å². The molecule has 3 nitrogen and oxygen atoms in total. The van der Waals surface area contributed by atoms with Crippen LogP contribution in [-0.2, 0) is 0 Å². The van der Waals surface area contributed by atoms with Gasteiger partial charge >= 0.3 is 0 Å². The molecule has 0 aliphatic carbocycles. The van der Waals surface area contributed by atoms with Gasteiger partial charge in [0.15, 0.2) is 0 Å². The molecule has 0 radical (unpaired) electrons. The van der Waals surface area contributed by atoms with Crippen LogP contribution >= 0.6 is 22.7 Å². The minimum Gasteiger partial charge on any atom is -0.252 e. The maximum Gasteiger partial charge on any atom is 0.123 e. The summed E-state index contributed by atoms with van der Waals surface area (Å²) < 4.78 is 0. The number of nitrogens with zero attached hydrogens (tertiary/aromatic N) is 3. The quantitative estimate of drug-likeness (QED) is 0.547. The van der Waals surface area contributed by atoms with Crippen LogP contribution in [0.3, 0.4) is 0 Å². The van der Waals surface area contributed by atoms with Gasteiger partial charge in [-0.25, -0.2) is 9.97 Å². The second-order valence-electron chi connectivity index (χ2n) is 4.27. The van der Waals surface area contributed by atoms with Crippen LogP contribution in [0.15, 0.2) is 53.5 Å². The summed E-state index contributed by atoms with van der Waals surface area (Å²) in [7, 11) is 0. The number of hydrogen-bond donors (Lipinski definition) is 0. The lowest BCUT2D eigenvalue weighted by molar-refractivity contribution is 1.30. The number of thiazole rings is 1. The van der Waals surface area contributed by atoms with Crippen molar-refractivity contribution in [2.24, 2.45) is 0 Å². The summed E-state index contributed by atoms with van der Waals surface area (Å²) in [6, 6.07) is 10.2. The lowest BCUT2D eigenvalue weighted by Crippen LogP contribution is -1.88. The van der Waals surface area contributed by atoms with E-state index in [-0.39, 0.29) is 0 Å². The van der Waals surface area contributed by atoms with Crippen LogP contribution in [0, 0.1) is 0 Å². The molecule has 4 aromatic rings. The highest BCUT2D eigenvalue weighted by molar-refractivity contribution is 7.13. The van der Waals surface area contributed by atoms with E-state index in [9.17, 15) is 0 Å². The largest absolute Gasteiger partial charge is 0.252 e. The molecule has 3 heterocycles. The van der Waals surface area contributed by atoms with E-state index in [1.807, 2.05) is 41.4 Å². The van der Waals surface area contributed by atoms with Crippen molar-refractivity contribution in [3.05, 3.63) is 53.5 Å². The molecule has 0 saturated heterocycles. The van der Waals surface area contributed by atoms with E-state index < -0.39 is 0 Å². The summed E-state index contributed by atoms with van der Waals surface area (Å²) in [6.45, 7) is 0. The highest BCUT2D eigenvalue weighted by Gasteiger charge is 2.06. The molecule has 3 aromatic heterocycles. The number of benzene rings is 1. The molecule has 0 unspecified atom stereocenters. The number of fused-ring (bicyclic) bond motifs is 1. The van der Waals surface area contributed by atoms with Crippen molar-refractivity contribution < 1.29 is 0 Å². The fourth-order valence-corrected chi connectivity index (χ4v) is 3.37. The van der Waals surface area contributed by atoms with E-state index in [0.29, 0.717) is 0 Å². The van der Waals surface area contributed by atoms with E-state index in [4.69, 9.17) is 4.98 Å². The SMILES string of the molecule is c1csc(-c2cnc3ccc(-c4nccs4)cc3n2)c1. The highest BCUT2D eigenvalue weighted by Crippen LogP contribution is 2.27. The zero-order valence-electron chi connectivity index (χ0n) is 10.4. The van der Waals surface area contributed by atoms with Gasteiger partial charge in [-0.05, 0) is 29.6 Å². The van der Waals surface area contributed by atoms with Gasteiger partial charge in [0.05, 0.1) is 27.8 Å². The van der Waals surface area contributed by atoms with Gasteiger partial charge < -0.3 is 0 Å². The molecule has 5 heteroatoms. The number of thiophene rings is 1. The third kappa shape index (κ3) is 2.01. The first kappa shape index (κ1) is 11.7. The minimum absolute atomic E-state index is 0.906. The maximum atomic E-state index is 4.71. The molecule has 0 spiro atoms. The van der Waals surface area contributed by atoms with Gasteiger partial charge in [0.25, 0.3) is 0 Å². The van der Waals surface area contributed by atoms with E-state index in [0.717, 1.165) is 32.2 Å². The smallest absolute Gasteiger partial charge is 0.123 e. The first-order valence-corrected chi connectivity index (χ1v) is 7.87. The van der Waals surface area contributed by atoms with Crippen LogP contribution in [0.2, 0.25) is 0 Å². The van der Waals surface area contributed by atoms with Crippen molar-refractivity contribution in [3.63, 3.8) is 0 Å². The van der Waals surface area contributed by atoms with E-state index in [2.05, 4.69) is 22.1 Å². The van der Waals surface area contributed by atoms with Gasteiger partial charge in [-0.2, -0.15) is 0 Å². The first-order valence-electron chi connectivity index (χ1n) is 6.11. The normalized spacial score (nSPS) is 11.0. The maximum absolute atomic E-state index is 4.71. The van der Waals surface area contributed by atoms with Gasteiger partial charge in [-0.1, -0.05) is 6.07 Å². The van der Waals surface area contributed by atoms with Crippen LogP contribution < -0.4 is 0 Å². The van der Waals surface area contributed by atoms with Crippen molar-refractivity contribution in [2.45, 2.75) is 0 Å². The third-order valence-corrected chi connectivity index (χ3v) is 4.71. The summed E-state index contributed by atoms with van der Waals surface area (Å²) in [4.78, 5) is 14.7. The lowest BCUT2D eigenvalue weighted by Gasteiger charge is -2.02. The van der Waals surface area contributed by atoms with Crippen LogP contribution in [0.4, 0.5) is 0 Å². The molecule has 0 aliphatic heterocycles. The predicted octanol–water partition coefficient (Wildman–Crippen LogP) is 4.48. The van der Waals surface area contributed by atoms with Gasteiger partial charge in [-0.3, -0.25) is 4.98 Å². The first-order chi connectivity index (χ1) is 9.90. The Balaban J connectivity index is 1.88. The topological polar surface area (TPSA) is 38.7 Å². The second kappa shape index (κ2) is 4.77. The fourth-order valence-electron chi connectivity index (χ4n) is 2.05. The van der Waals surface area contributed by atoms with Crippen molar-refractivity contribution in [1.82, 2.24) is 15.0 Å². The Morgan fingerprint density at radius 3 is 2.70 bits per heavy atom. The summed E-state index contributed by atoms with van der Waals surface area (Å²) >= 11 is 3.30. The van der Waals surface area contributed by atoms with Crippen LogP contribution in [-0.4, -0.2) is 15.0 Å². The summed E-state index contributed by atoms with van der Waals surface area (Å²) in [6.07, 6.45) is 3.65. The average Bonchev–Trinajstić information content (AvgIpc) is 3.19. The highest BCUT2D eigenvalue weighted by atomic mass is 32.1. The second-order valence-corrected chi connectivity index (χ2v) is 6.12. The molecule has 1 aromatic carbocycles. The van der Waals surface area contributed by atoms with Gasteiger partial charge in [0.1, 0.15) is 5.01 Å².